The molecule has 9 nitrogen and oxygen atoms in total. The number of ether oxygens (including phenoxy) is 4. The Morgan fingerprint density at radius 1 is 0.944 bits per heavy atom. The third-order valence-corrected chi connectivity index (χ3v) is 5.29. The fourth-order valence-corrected chi connectivity index (χ4v) is 3.61. The second kappa shape index (κ2) is 9.64. The van der Waals surface area contributed by atoms with E-state index in [0.29, 0.717) is 21.6 Å². The summed E-state index contributed by atoms with van der Waals surface area (Å²) >= 11 is 0. The molecule has 36 heavy (non-hydrogen) atoms. The maximum atomic E-state index is 13.9. The molecule has 0 saturated heterocycles. The van der Waals surface area contributed by atoms with Gasteiger partial charge in [0.05, 0.1) is 40.3 Å². The Balaban J connectivity index is 1.81. The first-order valence-electron chi connectivity index (χ1n) is 10.4. The molecule has 0 atom stereocenters. The lowest BCUT2D eigenvalue weighted by Gasteiger charge is -2.14. The first-order chi connectivity index (χ1) is 17.2. The van der Waals surface area contributed by atoms with E-state index < -0.39 is 17.8 Å². The Hall–Kier alpha value is -4.48. The van der Waals surface area contributed by atoms with Gasteiger partial charge in [0.2, 0.25) is 5.75 Å². The van der Waals surface area contributed by atoms with Gasteiger partial charge in [-0.1, -0.05) is 12.1 Å². The van der Waals surface area contributed by atoms with Crippen molar-refractivity contribution in [1.29, 1.82) is 0 Å². The van der Waals surface area contributed by atoms with Gasteiger partial charge in [-0.3, -0.25) is 4.79 Å². The van der Waals surface area contributed by atoms with E-state index in [4.69, 9.17) is 18.9 Å². The number of carbonyl (C=O) groups excluding carboxylic acids is 1. The Kier molecular flexibility index (Phi) is 6.60. The van der Waals surface area contributed by atoms with Crippen molar-refractivity contribution in [3.05, 3.63) is 59.9 Å². The van der Waals surface area contributed by atoms with E-state index in [9.17, 15) is 18.0 Å². The summed E-state index contributed by atoms with van der Waals surface area (Å²) in [5.41, 5.74) is -0.895. The number of hydrogen-bond acceptors (Lipinski definition) is 7. The largest absolute Gasteiger partial charge is 0.497 e. The van der Waals surface area contributed by atoms with E-state index in [2.05, 4.69) is 15.4 Å². The minimum atomic E-state index is -4.76. The van der Waals surface area contributed by atoms with Gasteiger partial charge in [0, 0.05) is 23.4 Å². The smallest absolute Gasteiger partial charge is 0.433 e. The van der Waals surface area contributed by atoms with Gasteiger partial charge in [-0.2, -0.15) is 18.3 Å². The fraction of sp³-hybridized carbons (Fsp3) is 0.208. The van der Waals surface area contributed by atoms with Gasteiger partial charge in [-0.15, -0.1) is 0 Å². The quantitative estimate of drug-likeness (QED) is 0.391. The molecule has 0 aliphatic rings. The molecule has 0 radical (unpaired) electrons. The molecule has 4 aromatic rings. The van der Waals surface area contributed by atoms with E-state index in [0.717, 1.165) is 12.3 Å². The van der Waals surface area contributed by atoms with Crippen molar-refractivity contribution < 1.29 is 36.9 Å². The lowest BCUT2D eigenvalue weighted by Crippen LogP contribution is -2.16. The summed E-state index contributed by atoms with van der Waals surface area (Å²) in [6, 6.07) is 10.3. The van der Waals surface area contributed by atoms with Crippen LogP contribution in [0, 0.1) is 0 Å². The number of benzene rings is 2. The molecule has 0 aliphatic carbocycles. The average Bonchev–Trinajstić information content (AvgIpc) is 3.31. The number of hydrogen-bond donors (Lipinski definition) is 1. The Labute approximate surface area is 203 Å². The molecule has 1 amide bonds. The first kappa shape index (κ1) is 24.6. The normalized spacial score (nSPS) is 11.3. The molecule has 188 valence electrons. The Bertz CT molecular complexity index is 1410. The number of halogens is 3. The van der Waals surface area contributed by atoms with Crippen LogP contribution in [0.1, 0.15) is 16.1 Å². The van der Waals surface area contributed by atoms with E-state index in [-0.39, 0.29) is 34.1 Å². The van der Waals surface area contributed by atoms with Crippen molar-refractivity contribution >= 4 is 17.2 Å². The lowest BCUT2D eigenvalue weighted by atomic mass is 10.1. The maximum absolute atomic E-state index is 13.9. The van der Waals surface area contributed by atoms with E-state index in [1.54, 1.807) is 24.3 Å². The van der Waals surface area contributed by atoms with Gasteiger partial charge in [0.15, 0.2) is 22.8 Å². The maximum Gasteiger partial charge on any atom is 0.433 e. The topological polar surface area (TPSA) is 96.2 Å². The molecule has 0 bridgehead atoms. The zero-order valence-electron chi connectivity index (χ0n) is 19.6. The molecular formula is C24H21F3N4O5. The number of aromatic nitrogens is 3. The van der Waals surface area contributed by atoms with Gasteiger partial charge in [-0.25, -0.2) is 9.50 Å². The third-order valence-electron chi connectivity index (χ3n) is 5.29. The number of carbonyl (C=O) groups is 1. The number of nitrogens with zero attached hydrogens (tertiary/aromatic N) is 3. The number of alkyl halides is 3. The van der Waals surface area contributed by atoms with E-state index >= 15 is 0 Å². The first-order valence-corrected chi connectivity index (χ1v) is 10.4. The highest BCUT2D eigenvalue weighted by Gasteiger charge is 2.36. The highest BCUT2D eigenvalue weighted by molar-refractivity contribution is 6.08. The molecule has 12 heteroatoms. The molecule has 0 unspecified atom stereocenters. The van der Waals surface area contributed by atoms with Crippen molar-refractivity contribution in [1.82, 2.24) is 14.6 Å². The van der Waals surface area contributed by atoms with Crippen LogP contribution in [0.2, 0.25) is 0 Å². The standard InChI is InChI=1S/C24H21F3N4O5/c1-33-15-7-5-6-13(8-15)17-11-20(24(25,26)27)31-22(30-17)16(12-28-31)23(32)29-14-9-18(34-2)21(36-4)19(10-14)35-3/h5-12H,1-4H3,(H,29,32). The zero-order valence-corrected chi connectivity index (χ0v) is 19.6. The van der Waals surface area contributed by atoms with E-state index in [1.165, 1.54) is 40.6 Å². The fourth-order valence-electron chi connectivity index (χ4n) is 3.61. The number of nitrogens with one attached hydrogen (secondary N) is 1. The van der Waals surface area contributed by atoms with Crippen molar-refractivity contribution in [2.75, 3.05) is 33.8 Å². The summed E-state index contributed by atoms with van der Waals surface area (Å²) in [6.07, 6.45) is -3.73. The van der Waals surface area contributed by atoms with Gasteiger partial charge in [0.1, 0.15) is 11.3 Å². The predicted molar refractivity (Wildman–Crippen MR) is 124 cm³/mol. The van der Waals surface area contributed by atoms with E-state index in [1.807, 2.05) is 0 Å². The third kappa shape index (κ3) is 4.57. The number of methoxy groups -OCH3 is 4. The molecule has 4 rings (SSSR count). The molecule has 0 saturated carbocycles. The summed E-state index contributed by atoms with van der Waals surface area (Å²) in [5.74, 6) is 0.585. The molecule has 0 spiro atoms. The van der Waals surface area contributed by atoms with Crippen LogP contribution >= 0.6 is 0 Å². The molecule has 0 aliphatic heterocycles. The van der Waals surface area contributed by atoms with Crippen LogP contribution in [0.25, 0.3) is 16.9 Å². The molecule has 2 aromatic heterocycles. The van der Waals surface area contributed by atoms with Crippen molar-refractivity contribution in [3.63, 3.8) is 0 Å². The van der Waals surface area contributed by atoms with Crippen LogP contribution in [-0.2, 0) is 6.18 Å². The molecule has 0 fully saturated rings. The van der Waals surface area contributed by atoms with Gasteiger partial charge in [-0.05, 0) is 18.2 Å². The Morgan fingerprint density at radius 2 is 1.64 bits per heavy atom. The second-order valence-corrected chi connectivity index (χ2v) is 7.42. The molecule has 2 heterocycles. The van der Waals surface area contributed by atoms with Crippen LogP contribution in [0.3, 0.4) is 0 Å². The highest BCUT2D eigenvalue weighted by Crippen LogP contribution is 2.40. The summed E-state index contributed by atoms with van der Waals surface area (Å²) in [7, 11) is 5.70. The highest BCUT2D eigenvalue weighted by atomic mass is 19.4. The summed E-state index contributed by atoms with van der Waals surface area (Å²) in [6.45, 7) is 0. The van der Waals surface area contributed by atoms with Crippen LogP contribution in [0.4, 0.5) is 18.9 Å². The summed E-state index contributed by atoms with van der Waals surface area (Å²) < 4.78 is 63.3. The summed E-state index contributed by atoms with van der Waals surface area (Å²) in [4.78, 5) is 17.5. The van der Waals surface area contributed by atoms with Crippen molar-refractivity contribution in [2.24, 2.45) is 0 Å². The second-order valence-electron chi connectivity index (χ2n) is 7.42. The minimum absolute atomic E-state index is 0.00365. The van der Waals surface area contributed by atoms with Gasteiger partial charge < -0.3 is 24.3 Å². The number of fused-ring (bicyclic) bond motifs is 1. The average molecular weight is 502 g/mol. The molecular weight excluding hydrogens is 481 g/mol. The number of anilines is 1. The monoisotopic (exact) mass is 502 g/mol. The van der Waals surface area contributed by atoms with Crippen molar-refractivity contribution in [3.8, 4) is 34.3 Å². The van der Waals surface area contributed by atoms with Crippen LogP contribution in [-0.4, -0.2) is 48.9 Å². The van der Waals surface area contributed by atoms with Crippen molar-refractivity contribution in [2.45, 2.75) is 6.18 Å². The summed E-state index contributed by atoms with van der Waals surface area (Å²) in [5, 5.41) is 6.41. The molecule has 2 aromatic carbocycles. The SMILES string of the molecule is COc1cccc(-c2cc(C(F)(F)F)n3ncc(C(=O)Nc4cc(OC)c(OC)c(OC)c4)c3n2)c1. The van der Waals surface area contributed by atoms with Gasteiger partial charge in [0.25, 0.3) is 5.91 Å². The zero-order chi connectivity index (χ0) is 26.0. The van der Waals surface area contributed by atoms with Crippen LogP contribution < -0.4 is 24.3 Å². The van der Waals surface area contributed by atoms with Gasteiger partial charge >= 0.3 is 6.18 Å². The Morgan fingerprint density at radius 3 is 2.22 bits per heavy atom. The number of rotatable bonds is 7. The van der Waals surface area contributed by atoms with Crippen LogP contribution in [0.5, 0.6) is 23.0 Å². The number of amides is 1. The van der Waals surface area contributed by atoms with Crippen LogP contribution in [0.15, 0.2) is 48.7 Å². The minimum Gasteiger partial charge on any atom is -0.497 e. The molecule has 1 N–H and O–H groups in total. The lowest BCUT2D eigenvalue weighted by molar-refractivity contribution is -0.142. The predicted octanol–water partition coefficient (Wildman–Crippen LogP) is 4.70.